The highest BCUT2D eigenvalue weighted by atomic mass is 32.2. The van der Waals surface area contributed by atoms with Crippen molar-refractivity contribution in [2.24, 2.45) is 5.92 Å². The number of carbonyl (C=O) groups is 1. The molecule has 1 amide bonds. The second-order valence-electron chi connectivity index (χ2n) is 8.70. The molecule has 0 radical (unpaired) electrons. The van der Waals surface area contributed by atoms with Crippen LogP contribution >= 0.6 is 0 Å². The van der Waals surface area contributed by atoms with E-state index in [9.17, 15) is 13.2 Å². The normalized spacial score (nSPS) is 18.9. The number of tetrazole rings is 1. The molecule has 180 valence electrons. The monoisotopic (exact) mass is 485 g/mol. The van der Waals surface area contributed by atoms with Crippen LogP contribution in [0.5, 0.6) is 0 Å². The molecule has 2 aliphatic heterocycles. The fraction of sp³-hybridized carbons (Fsp3) is 0.476. The molecule has 1 aromatic carbocycles. The molecule has 12 nitrogen and oxygen atoms in total. The van der Waals surface area contributed by atoms with Crippen LogP contribution in [0.15, 0.2) is 41.3 Å². The Balaban J connectivity index is 1.16. The Bertz CT molecular complexity index is 1260. The van der Waals surface area contributed by atoms with Gasteiger partial charge in [-0.1, -0.05) is 0 Å². The van der Waals surface area contributed by atoms with Gasteiger partial charge in [-0.2, -0.15) is 4.31 Å². The number of carbonyl (C=O) groups excluding carboxylic acids is 1. The molecule has 0 spiro atoms. The number of likely N-dealkylation sites (N-methyl/N-ethyl adjacent to an activating group) is 1. The van der Waals surface area contributed by atoms with Crippen LogP contribution in [0.2, 0.25) is 0 Å². The molecule has 34 heavy (non-hydrogen) atoms. The second kappa shape index (κ2) is 9.24. The van der Waals surface area contributed by atoms with Gasteiger partial charge in [-0.05, 0) is 66.7 Å². The zero-order valence-electron chi connectivity index (χ0n) is 18.9. The van der Waals surface area contributed by atoms with Gasteiger partial charge in [-0.25, -0.2) is 8.42 Å². The molecular weight excluding hydrogens is 458 g/mol. The first kappa shape index (κ1) is 22.6. The Morgan fingerprint density at radius 1 is 0.971 bits per heavy atom. The number of amides is 1. The lowest BCUT2D eigenvalue weighted by Gasteiger charge is -2.32. The molecule has 0 atom stereocenters. The number of hydrogen-bond acceptors (Lipinski definition) is 9. The van der Waals surface area contributed by atoms with Gasteiger partial charge in [0.1, 0.15) is 0 Å². The van der Waals surface area contributed by atoms with Gasteiger partial charge in [-0.3, -0.25) is 4.79 Å². The summed E-state index contributed by atoms with van der Waals surface area (Å²) in [6, 6.07) is 10.1. The molecule has 2 aliphatic rings. The summed E-state index contributed by atoms with van der Waals surface area (Å²) in [5.74, 6) is 0.593. The van der Waals surface area contributed by atoms with Crippen molar-refractivity contribution >= 4 is 33.1 Å². The number of piperidine rings is 1. The topological polar surface area (TPSA) is 129 Å². The van der Waals surface area contributed by atoms with E-state index in [1.54, 1.807) is 24.3 Å². The van der Waals surface area contributed by atoms with E-state index in [4.69, 9.17) is 0 Å². The lowest BCUT2D eigenvalue weighted by atomic mass is 9.96. The van der Waals surface area contributed by atoms with Crippen LogP contribution in [0.4, 0.5) is 11.5 Å². The molecule has 0 saturated carbocycles. The first-order valence-corrected chi connectivity index (χ1v) is 12.7. The largest absolute Gasteiger partial charge is 0.355 e. The van der Waals surface area contributed by atoms with Gasteiger partial charge in [0.25, 0.3) is 0 Å². The Morgan fingerprint density at radius 3 is 2.38 bits per heavy atom. The number of sulfonamides is 1. The zero-order valence-corrected chi connectivity index (χ0v) is 19.7. The third-order valence-corrected chi connectivity index (χ3v) is 8.38. The van der Waals surface area contributed by atoms with E-state index in [0.29, 0.717) is 63.4 Å². The summed E-state index contributed by atoms with van der Waals surface area (Å²) in [5.41, 5.74) is 1.18. The Labute approximate surface area is 197 Å². The van der Waals surface area contributed by atoms with Crippen LogP contribution < -0.4 is 10.2 Å². The molecule has 13 heteroatoms. The number of benzene rings is 1. The van der Waals surface area contributed by atoms with Gasteiger partial charge < -0.3 is 15.1 Å². The molecule has 2 aromatic heterocycles. The minimum absolute atomic E-state index is 0.0572. The van der Waals surface area contributed by atoms with E-state index in [-0.39, 0.29) is 16.7 Å². The van der Waals surface area contributed by atoms with Gasteiger partial charge in [-0.15, -0.1) is 14.8 Å². The van der Waals surface area contributed by atoms with Gasteiger partial charge >= 0.3 is 0 Å². The molecule has 0 unspecified atom stereocenters. The van der Waals surface area contributed by atoms with E-state index in [1.165, 1.54) is 8.94 Å². The summed E-state index contributed by atoms with van der Waals surface area (Å²) in [6.45, 7) is 3.79. The Kier molecular flexibility index (Phi) is 6.15. The van der Waals surface area contributed by atoms with Crippen LogP contribution in [0.25, 0.3) is 5.65 Å². The van der Waals surface area contributed by atoms with Crippen LogP contribution in [0.1, 0.15) is 12.8 Å². The number of rotatable bonds is 5. The average Bonchev–Trinajstić information content (AvgIpc) is 3.33. The summed E-state index contributed by atoms with van der Waals surface area (Å²) in [7, 11) is -1.54. The molecule has 2 saturated heterocycles. The maximum Gasteiger partial charge on any atom is 0.243 e. The summed E-state index contributed by atoms with van der Waals surface area (Å²) in [6.07, 6.45) is 1.38. The first-order valence-electron chi connectivity index (χ1n) is 11.3. The number of nitrogens with one attached hydrogen (secondary N) is 1. The van der Waals surface area contributed by atoms with Gasteiger partial charge in [0.2, 0.25) is 15.9 Å². The number of hydrogen-bond donors (Lipinski definition) is 1. The van der Waals surface area contributed by atoms with Crippen molar-refractivity contribution in [1.82, 2.24) is 34.5 Å². The standard InChI is InChI=1S/C21H27N9O3S/c1-27-12-14-29(15-13-27)34(32,33)18-4-2-17(3-5-18)22-21(31)16-8-10-28(11-9-16)20-7-6-19-23-25-26-30(19)24-20/h2-7,16H,8-15H2,1H3,(H,22,31). The van der Waals surface area contributed by atoms with E-state index < -0.39 is 10.0 Å². The Morgan fingerprint density at radius 2 is 1.68 bits per heavy atom. The van der Waals surface area contributed by atoms with Crippen LogP contribution in [-0.2, 0) is 14.8 Å². The van der Waals surface area contributed by atoms with Crippen LogP contribution in [0.3, 0.4) is 0 Å². The average molecular weight is 486 g/mol. The number of piperazine rings is 1. The lowest BCUT2D eigenvalue weighted by molar-refractivity contribution is -0.120. The maximum absolute atomic E-state index is 12.9. The lowest BCUT2D eigenvalue weighted by Crippen LogP contribution is -2.46. The predicted molar refractivity (Wildman–Crippen MR) is 125 cm³/mol. The molecular formula is C21H27N9O3S. The highest BCUT2D eigenvalue weighted by Crippen LogP contribution is 2.24. The zero-order chi connectivity index (χ0) is 23.7. The van der Waals surface area contributed by atoms with Crippen molar-refractivity contribution < 1.29 is 13.2 Å². The number of nitrogens with zero attached hydrogens (tertiary/aromatic N) is 8. The van der Waals surface area contributed by atoms with Crippen LogP contribution in [-0.4, -0.2) is 95.1 Å². The van der Waals surface area contributed by atoms with E-state index >= 15 is 0 Å². The van der Waals surface area contributed by atoms with E-state index in [0.717, 1.165) is 5.82 Å². The molecule has 0 aliphatic carbocycles. The Hall–Kier alpha value is -3.16. The van der Waals surface area contributed by atoms with E-state index in [2.05, 4.69) is 35.7 Å². The fourth-order valence-corrected chi connectivity index (χ4v) is 5.73. The molecule has 3 aromatic rings. The van der Waals surface area contributed by atoms with Gasteiger partial charge in [0.05, 0.1) is 4.90 Å². The SMILES string of the molecule is CN1CCN(S(=O)(=O)c2ccc(NC(=O)C3CCN(c4ccc5nnnn5n4)CC3)cc2)CC1. The van der Waals surface area contributed by atoms with Crippen molar-refractivity contribution in [2.75, 3.05) is 56.5 Å². The smallest absolute Gasteiger partial charge is 0.243 e. The second-order valence-corrected chi connectivity index (χ2v) is 10.6. The van der Waals surface area contributed by atoms with Crippen molar-refractivity contribution in [3.63, 3.8) is 0 Å². The maximum atomic E-state index is 12.9. The summed E-state index contributed by atoms with van der Waals surface area (Å²) >= 11 is 0. The first-order chi connectivity index (χ1) is 16.4. The van der Waals surface area contributed by atoms with Crippen molar-refractivity contribution in [3.8, 4) is 0 Å². The number of aromatic nitrogens is 5. The fourth-order valence-electron chi connectivity index (χ4n) is 4.31. The molecule has 5 rings (SSSR count). The summed E-state index contributed by atoms with van der Waals surface area (Å²) in [4.78, 5) is 17.3. The third-order valence-electron chi connectivity index (χ3n) is 6.47. The molecule has 4 heterocycles. The minimum Gasteiger partial charge on any atom is -0.355 e. The molecule has 2 fully saturated rings. The minimum atomic E-state index is -3.53. The predicted octanol–water partition coefficient (Wildman–Crippen LogP) is 0.311. The highest BCUT2D eigenvalue weighted by Gasteiger charge is 2.28. The van der Waals surface area contributed by atoms with Gasteiger partial charge in [0.15, 0.2) is 11.5 Å². The van der Waals surface area contributed by atoms with Crippen LogP contribution in [0, 0.1) is 5.92 Å². The van der Waals surface area contributed by atoms with Gasteiger partial charge in [0, 0.05) is 50.9 Å². The number of fused-ring (bicyclic) bond motifs is 1. The van der Waals surface area contributed by atoms with Crippen molar-refractivity contribution in [1.29, 1.82) is 0 Å². The van der Waals surface area contributed by atoms with Crippen molar-refractivity contribution in [3.05, 3.63) is 36.4 Å². The molecule has 0 bridgehead atoms. The molecule has 1 N–H and O–H groups in total. The quantitative estimate of drug-likeness (QED) is 0.543. The summed E-state index contributed by atoms with van der Waals surface area (Å²) in [5, 5.41) is 18.6. The third kappa shape index (κ3) is 4.58. The highest BCUT2D eigenvalue weighted by molar-refractivity contribution is 7.89. The number of anilines is 2. The van der Waals surface area contributed by atoms with Crippen molar-refractivity contribution in [2.45, 2.75) is 17.7 Å². The summed E-state index contributed by atoms with van der Waals surface area (Å²) < 4.78 is 28.7. The van der Waals surface area contributed by atoms with E-state index in [1.807, 2.05) is 19.2 Å².